The first-order valence-corrected chi connectivity index (χ1v) is 23.8. The van der Waals surface area contributed by atoms with Crippen molar-refractivity contribution in [1.82, 2.24) is 28.2 Å². The van der Waals surface area contributed by atoms with Crippen LogP contribution in [0.3, 0.4) is 0 Å². The third-order valence-electron chi connectivity index (χ3n) is 14.4. The molecule has 6 heteroatoms. The Balaban J connectivity index is 1.30. The van der Waals surface area contributed by atoms with Crippen LogP contribution in [0.25, 0.3) is 133 Å². The zero-order valence-corrected chi connectivity index (χ0v) is 37.8. The summed E-state index contributed by atoms with van der Waals surface area (Å²) < 4.78 is 9.83. The molecule has 0 atom stereocenters. The number of para-hydroxylation sites is 8. The average Bonchev–Trinajstić information content (AvgIpc) is 4.16. The predicted molar refractivity (Wildman–Crippen MR) is 290 cm³/mol. The molecule has 0 aliphatic rings. The SMILES string of the molecule is c1ccc(-c2ccccc2-c2c(-n3c4ccccc4c4ccccc43)c(-n3c4ccccc4c4ccccc43)nc(-n3c4ccccc4c4ccccc43)c2-n2c3ccccc3c3ccccc32)nc1. The molecule has 6 heterocycles. The summed E-state index contributed by atoms with van der Waals surface area (Å²) in [5.41, 5.74) is 14.5. The molecule has 0 radical (unpaired) electrons. The van der Waals surface area contributed by atoms with Crippen molar-refractivity contribution in [3.63, 3.8) is 0 Å². The first-order chi connectivity index (χ1) is 34.8. The number of hydrogen-bond donors (Lipinski definition) is 0. The van der Waals surface area contributed by atoms with E-state index < -0.39 is 0 Å². The number of rotatable bonds is 6. The number of hydrogen-bond acceptors (Lipinski definition) is 2. The second-order valence-electron chi connectivity index (χ2n) is 18.1. The van der Waals surface area contributed by atoms with Gasteiger partial charge in [0.1, 0.15) is 11.4 Å². The van der Waals surface area contributed by atoms with Gasteiger partial charge < -0.3 is 9.13 Å². The van der Waals surface area contributed by atoms with E-state index in [2.05, 4.69) is 249 Å². The molecule has 0 bridgehead atoms. The van der Waals surface area contributed by atoms with Crippen LogP contribution in [0, 0.1) is 0 Å². The quantitative estimate of drug-likeness (QED) is 0.167. The summed E-state index contributed by atoms with van der Waals surface area (Å²) in [6.07, 6.45) is 1.90. The van der Waals surface area contributed by atoms with Gasteiger partial charge in [-0.2, -0.15) is 0 Å². The van der Waals surface area contributed by atoms with Crippen LogP contribution in [0.4, 0.5) is 0 Å². The highest BCUT2D eigenvalue weighted by Crippen LogP contribution is 2.50. The van der Waals surface area contributed by atoms with Crippen LogP contribution in [-0.2, 0) is 0 Å². The summed E-state index contributed by atoms with van der Waals surface area (Å²) in [5, 5.41) is 9.31. The Morgan fingerprint density at radius 3 is 0.829 bits per heavy atom. The van der Waals surface area contributed by atoms with Crippen molar-refractivity contribution in [2.75, 3.05) is 0 Å². The number of nitrogens with zero attached hydrogens (tertiary/aromatic N) is 6. The minimum atomic E-state index is 0.802. The molecule has 0 saturated carbocycles. The molecule has 0 spiro atoms. The van der Waals surface area contributed by atoms with E-state index >= 15 is 0 Å². The van der Waals surface area contributed by atoms with E-state index in [0.717, 1.165) is 111 Å². The highest BCUT2D eigenvalue weighted by Gasteiger charge is 2.33. The third kappa shape index (κ3) is 5.38. The van der Waals surface area contributed by atoms with Crippen molar-refractivity contribution in [2.45, 2.75) is 0 Å². The Morgan fingerprint density at radius 1 is 0.243 bits per heavy atom. The highest BCUT2D eigenvalue weighted by molar-refractivity contribution is 6.16. The van der Waals surface area contributed by atoms with Crippen molar-refractivity contribution in [3.05, 3.63) is 243 Å². The summed E-state index contributed by atoms with van der Waals surface area (Å²) in [6, 6.07) is 85.5. The van der Waals surface area contributed by atoms with Gasteiger partial charge >= 0.3 is 0 Å². The minimum absolute atomic E-state index is 0.802. The fourth-order valence-electron chi connectivity index (χ4n) is 11.6. The lowest BCUT2D eigenvalue weighted by Gasteiger charge is -2.27. The van der Waals surface area contributed by atoms with Gasteiger partial charge in [-0.15, -0.1) is 0 Å². The normalized spacial score (nSPS) is 12.0. The number of aromatic nitrogens is 6. The van der Waals surface area contributed by atoms with Gasteiger partial charge in [-0.25, -0.2) is 4.98 Å². The Bertz CT molecular complexity index is 4140. The van der Waals surface area contributed by atoms with Crippen LogP contribution in [0.2, 0.25) is 0 Å². The average molecular weight is 893 g/mol. The van der Waals surface area contributed by atoms with Crippen LogP contribution >= 0.6 is 0 Å². The number of pyridine rings is 2. The monoisotopic (exact) mass is 892 g/mol. The second-order valence-corrected chi connectivity index (χ2v) is 18.1. The second kappa shape index (κ2) is 15.0. The fraction of sp³-hybridized carbons (Fsp3) is 0. The molecule has 70 heavy (non-hydrogen) atoms. The molecule has 0 aliphatic carbocycles. The molecule has 9 aromatic carbocycles. The van der Waals surface area contributed by atoms with E-state index in [4.69, 9.17) is 9.97 Å². The van der Waals surface area contributed by atoms with Crippen LogP contribution in [0.5, 0.6) is 0 Å². The van der Waals surface area contributed by atoms with Crippen molar-refractivity contribution in [3.8, 4) is 45.4 Å². The van der Waals surface area contributed by atoms with Crippen LogP contribution in [-0.4, -0.2) is 28.2 Å². The standard InChI is InChI=1S/C64H40N6/c1-2-30-50(41(21-1)51-31-19-20-40-65-51)60-61(67-52-32-11-3-22-42(52)43-23-4-12-33-53(43)67)63(69-56-36-15-7-26-46(56)47-27-8-16-37-57(47)69)66-64(70-58-38-17-9-28-48(58)49-29-10-18-39-59(49)70)62(60)68-54-34-13-5-24-44(54)45-25-6-14-35-55(45)68/h1-40H. The van der Waals surface area contributed by atoms with Crippen LogP contribution in [0.1, 0.15) is 0 Å². The van der Waals surface area contributed by atoms with Crippen LogP contribution in [0.15, 0.2) is 243 Å². The van der Waals surface area contributed by atoms with Gasteiger partial charge in [0.05, 0.1) is 49.8 Å². The maximum Gasteiger partial charge on any atom is 0.165 e. The summed E-state index contributed by atoms with van der Waals surface area (Å²) >= 11 is 0. The van der Waals surface area contributed by atoms with Gasteiger partial charge in [0, 0.05) is 60.4 Å². The summed E-state index contributed by atoms with van der Waals surface area (Å²) in [7, 11) is 0. The van der Waals surface area contributed by atoms with Crippen LogP contribution < -0.4 is 0 Å². The molecule has 15 aromatic rings. The van der Waals surface area contributed by atoms with Gasteiger partial charge in [-0.05, 0) is 66.2 Å². The topological polar surface area (TPSA) is 45.5 Å². The van der Waals surface area contributed by atoms with E-state index in [1.807, 2.05) is 12.3 Å². The first-order valence-electron chi connectivity index (χ1n) is 23.8. The van der Waals surface area contributed by atoms with Gasteiger partial charge in [-0.1, -0.05) is 176 Å². The molecule has 0 N–H and O–H groups in total. The molecule has 6 aromatic heterocycles. The lowest BCUT2D eigenvalue weighted by atomic mass is 9.94. The van der Waals surface area contributed by atoms with Gasteiger partial charge in [0.2, 0.25) is 0 Å². The molecule has 0 saturated heterocycles. The molecule has 15 rings (SSSR count). The van der Waals surface area contributed by atoms with E-state index in [1.165, 1.54) is 21.5 Å². The zero-order valence-electron chi connectivity index (χ0n) is 37.8. The Hall–Kier alpha value is -9.52. The Morgan fingerprint density at radius 2 is 0.514 bits per heavy atom. The van der Waals surface area contributed by atoms with E-state index in [0.29, 0.717) is 0 Å². The van der Waals surface area contributed by atoms with E-state index in [-0.39, 0.29) is 0 Å². The highest BCUT2D eigenvalue weighted by atomic mass is 15.2. The van der Waals surface area contributed by atoms with E-state index in [1.54, 1.807) is 0 Å². The maximum absolute atomic E-state index is 6.35. The van der Waals surface area contributed by atoms with Crippen molar-refractivity contribution in [1.29, 1.82) is 0 Å². The molecular formula is C64H40N6. The molecule has 326 valence electrons. The maximum atomic E-state index is 6.35. The van der Waals surface area contributed by atoms with Crippen molar-refractivity contribution < 1.29 is 0 Å². The van der Waals surface area contributed by atoms with E-state index in [9.17, 15) is 0 Å². The molecule has 0 fully saturated rings. The lowest BCUT2D eigenvalue weighted by molar-refractivity contribution is 0.961. The lowest BCUT2D eigenvalue weighted by Crippen LogP contribution is -2.16. The Labute approximate surface area is 401 Å². The summed E-state index contributed by atoms with van der Waals surface area (Å²) in [5.74, 6) is 1.60. The molecule has 6 nitrogen and oxygen atoms in total. The fourth-order valence-corrected chi connectivity index (χ4v) is 11.6. The van der Waals surface area contributed by atoms with Crippen molar-refractivity contribution in [2.24, 2.45) is 0 Å². The van der Waals surface area contributed by atoms with Gasteiger partial charge in [0.15, 0.2) is 11.6 Å². The summed E-state index contributed by atoms with van der Waals surface area (Å²) in [4.78, 5) is 11.4. The largest absolute Gasteiger partial charge is 0.305 e. The smallest absolute Gasteiger partial charge is 0.165 e. The number of fused-ring (bicyclic) bond motifs is 12. The molecule has 0 aliphatic heterocycles. The predicted octanol–water partition coefficient (Wildman–Crippen LogP) is 16.2. The zero-order chi connectivity index (χ0) is 45.9. The molecule has 0 unspecified atom stereocenters. The molecular weight excluding hydrogens is 853 g/mol. The number of benzene rings is 9. The van der Waals surface area contributed by atoms with Gasteiger partial charge in [0.25, 0.3) is 0 Å². The van der Waals surface area contributed by atoms with Gasteiger partial charge in [-0.3, -0.25) is 14.1 Å². The molecule has 0 amide bonds. The van der Waals surface area contributed by atoms with Crippen molar-refractivity contribution >= 4 is 87.2 Å². The minimum Gasteiger partial charge on any atom is -0.305 e. The third-order valence-corrected chi connectivity index (χ3v) is 14.4. The first kappa shape index (κ1) is 38.6. The Kier molecular flexibility index (Phi) is 8.26. The summed E-state index contributed by atoms with van der Waals surface area (Å²) in [6.45, 7) is 0.